The van der Waals surface area contributed by atoms with Crippen molar-refractivity contribution < 1.29 is 0 Å². The van der Waals surface area contributed by atoms with Gasteiger partial charge in [-0.2, -0.15) is 0 Å². The Hall–Kier alpha value is -0.120. The van der Waals surface area contributed by atoms with E-state index < -0.39 is 0 Å². The van der Waals surface area contributed by atoms with Gasteiger partial charge in [-0.05, 0) is 70.7 Å². The molecule has 0 radical (unpaired) electrons. The Balaban J connectivity index is 1.48. The van der Waals surface area contributed by atoms with Crippen molar-refractivity contribution in [3.63, 3.8) is 0 Å². The second-order valence-electron chi connectivity index (χ2n) is 5.88. The van der Waals surface area contributed by atoms with Gasteiger partial charge < -0.3 is 15.5 Å². The Morgan fingerprint density at radius 2 is 2.06 bits per heavy atom. The molecule has 2 rings (SSSR count). The second kappa shape index (κ2) is 7.34. The summed E-state index contributed by atoms with van der Waals surface area (Å²) in [6, 6.07) is 0.727. The van der Waals surface area contributed by atoms with Crippen LogP contribution in [0.4, 0.5) is 0 Å². The first kappa shape index (κ1) is 13.3. The molecule has 2 aliphatic rings. The van der Waals surface area contributed by atoms with Gasteiger partial charge in [0, 0.05) is 12.6 Å². The zero-order chi connectivity index (χ0) is 11.9. The van der Waals surface area contributed by atoms with E-state index in [-0.39, 0.29) is 0 Å². The molecule has 1 unspecified atom stereocenters. The third-order valence-corrected chi connectivity index (χ3v) is 4.26. The third kappa shape index (κ3) is 4.94. The fraction of sp³-hybridized carbons (Fsp3) is 1.00. The van der Waals surface area contributed by atoms with Crippen LogP contribution in [-0.2, 0) is 0 Å². The van der Waals surface area contributed by atoms with Crippen LogP contribution < -0.4 is 10.6 Å². The molecular weight excluding hydrogens is 210 g/mol. The summed E-state index contributed by atoms with van der Waals surface area (Å²) in [5, 5.41) is 7.14. The molecule has 3 heteroatoms. The van der Waals surface area contributed by atoms with E-state index in [1.807, 2.05) is 0 Å². The van der Waals surface area contributed by atoms with Gasteiger partial charge in [-0.15, -0.1) is 0 Å². The van der Waals surface area contributed by atoms with Crippen LogP contribution in [-0.4, -0.2) is 50.2 Å². The van der Waals surface area contributed by atoms with Crippen molar-refractivity contribution in [2.75, 3.05) is 39.3 Å². The Bertz CT molecular complexity index is 194. The molecule has 1 atom stereocenters. The van der Waals surface area contributed by atoms with Crippen LogP contribution in [0.2, 0.25) is 0 Å². The van der Waals surface area contributed by atoms with Crippen LogP contribution in [0.5, 0.6) is 0 Å². The lowest BCUT2D eigenvalue weighted by Gasteiger charge is -2.30. The number of nitrogens with one attached hydrogen (secondary N) is 2. The average molecular weight is 239 g/mol. The number of hydrogen-bond donors (Lipinski definition) is 2. The molecule has 0 aromatic heterocycles. The normalized spacial score (nSPS) is 28.4. The Morgan fingerprint density at radius 3 is 2.76 bits per heavy atom. The van der Waals surface area contributed by atoms with Crippen molar-refractivity contribution in [1.29, 1.82) is 0 Å². The summed E-state index contributed by atoms with van der Waals surface area (Å²) in [6.45, 7) is 9.90. The van der Waals surface area contributed by atoms with E-state index in [4.69, 9.17) is 0 Å². The number of hydrogen-bond acceptors (Lipinski definition) is 3. The first-order chi connectivity index (χ1) is 8.34. The lowest BCUT2D eigenvalue weighted by atomic mass is 9.99. The molecule has 0 aromatic carbocycles. The fourth-order valence-corrected chi connectivity index (χ4v) is 2.92. The molecule has 2 saturated heterocycles. The predicted octanol–water partition coefficient (Wildman–Crippen LogP) is 1.45. The Kier molecular flexibility index (Phi) is 5.75. The van der Waals surface area contributed by atoms with E-state index in [0.717, 1.165) is 12.0 Å². The molecule has 0 bridgehead atoms. The van der Waals surface area contributed by atoms with Crippen molar-refractivity contribution in [3.05, 3.63) is 0 Å². The largest absolute Gasteiger partial charge is 0.315 e. The predicted molar refractivity (Wildman–Crippen MR) is 73.3 cm³/mol. The highest BCUT2D eigenvalue weighted by molar-refractivity contribution is 4.75. The van der Waals surface area contributed by atoms with Gasteiger partial charge in [0.1, 0.15) is 0 Å². The summed E-state index contributed by atoms with van der Waals surface area (Å²) in [5.74, 6) is 0.956. The standard InChI is InChI=1S/C14H29N3/c1-13-5-10-17(11-6-13)9-3-8-16-14-4-2-7-15-12-14/h13-16H,2-12H2,1H3. The molecule has 0 amide bonds. The van der Waals surface area contributed by atoms with Crippen LogP contribution in [0.1, 0.15) is 39.0 Å². The van der Waals surface area contributed by atoms with Crippen LogP contribution >= 0.6 is 0 Å². The maximum Gasteiger partial charge on any atom is 0.0192 e. The lowest BCUT2D eigenvalue weighted by Crippen LogP contribution is -2.44. The van der Waals surface area contributed by atoms with Crippen LogP contribution in [0.15, 0.2) is 0 Å². The highest BCUT2D eigenvalue weighted by Gasteiger charge is 2.15. The van der Waals surface area contributed by atoms with Gasteiger partial charge in [0.05, 0.1) is 0 Å². The Labute approximate surface area is 106 Å². The van der Waals surface area contributed by atoms with E-state index >= 15 is 0 Å². The van der Waals surface area contributed by atoms with Crippen molar-refractivity contribution in [2.45, 2.75) is 45.1 Å². The minimum atomic E-state index is 0.727. The number of piperidine rings is 2. The van der Waals surface area contributed by atoms with Crippen molar-refractivity contribution in [3.8, 4) is 0 Å². The Morgan fingerprint density at radius 1 is 1.24 bits per heavy atom. The summed E-state index contributed by atoms with van der Waals surface area (Å²) in [7, 11) is 0. The molecule has 0 aliphatic carbocycles. The SMILES string of the molecule is CC1CCN(CCCNC2CCCNC2)CC1. The number of nitrogens with zero attached hydrogens (tertiary/aromatic N) is 1. The van der Waals surface area contributed by atoms with Crippen LogP contribution in [0.25, 0.3) is 0 Å². The summed E-state index contributed by atoms with van der Waals surface area (Å²) in [6.07, 6.45) is 6.81. The molecule has 3 nitrogen and oxygen atoms in total. The van der Waals surface area contributed by atoms with E-state index in [0.29, 0.717) is 0 Å². The molecule has 17 heavy (non-hydrogen) atoms. The average Bonchev–Trinajstić information content (AvgIpc) is 2.38. The van der Waals surface area contributed by atoms with E-state index in [2.05, 4.69) is 22.5 Å². The van der Waals surface area contributed by atoms with Gasteiger partial charge in [0.2, 0.25) is 0 Å². The molecule has 0 spiro atoms. The van der Waals surface area contributed by atoms with Crippen LogP contribution in [0, 0.1) is 5.92 Å². The van der Waals surface area contributed by atoms with Crippen molar-refractivity contribution in [1.82, 2.24) is 15.5 Å². The summed E-state index contributed by atoms with van der Waals surface area (Å²) in [4.78, 5) is 2.64. The van der Waals surface area contributed by atoms with Gasteiger partial charge >= 0.3 is 0 Å². The zero-order valence-corrected chi connectivity index (χ0v) is 11.4. The highest BCUT2D eigenvalue weighted by atomic mass is 15.1. The minimum Gasteiger partial charge on any atom is -0.315 e. The van der Waals surface area contributed by atoms with Crippen molar-refractivity contribution in [2.24, 2.45) is 5.92 Å². The molecule has 2 heterocycles. The maximum absolute atomic E-state index is 3.68. The monoisotopic (exact) mass is 239 g/mol. The summed E-state index contributed by atoms with van der Waals surface area (Å²) >= 11 is 0. The molecule has 0 aromatic rings. The first-order valence-corrected chi connectivity index (χ1v) is 7.51. The smallest absolute Gasteiger partial charge is 0.0192 e. The topological polar surface area (TPSA) is 27.3 Å². The van der Waals surface area contributed by atoms with Gasteiger partial charge in [-0.3, -0.25) is 0 Å². The molecule has 2 N–H and O–H groups in total. The number of rotatable bonds is 5. The minimum absolute atomic E-state index is 0.727. The molecular formula is C14H29N3. The van der Waals surface area contributed by atoms with E-state index in [9.17, 15) is 0 Å². The fourth-order valence-electron chi connectivity index (χ4n) is 2.92. The van der Waals surface area contributed by atoms with Gasteiger partial charge in [0.25, 0.3) is 0 Å². The second-order valence-corrected chi connectivity index (χ2v) is 5.88. The van der Waals surface area contributed by atoms with Gasteiger partial charge in [-0.1, -0.05) is 6.92 Å². The quantitative estimate of drug-likeness (QED) is 0.711. The van der Waals surface area contributed by atoms with E-state index in [1.54, 1.807) is 0 Å². The third-order valence-electron chi connectivity index (χ3n) is 4.26. The summed E-state index contributed by atoms with van der Waals surface area (Å²) < 4.78 is 0. The first-order valence-electron chi connectivity index (χ1n) is 7.51. The van der Waals surface area contributed by atoms with Gasteiger partial charge in [-0.25, -0.2) is 0 Å². The number of likely N-dealkylation sites (tertiary alicyclic amines) is 1. The molecule has 100 valence electrons. The van der Waals surface area contributed by atoms with E-state index in [1.165, 1.54) is 71.4 Å². The summed E-state index contributed by atoms with van der Waals surface area (Å²) in [5.41, 5.74) is 0. The van der Waals surface area contributed by atoms with Crippen LogP contribution in [0.3, 0.4) is 0 Å². The lowest BCUT2D eigenvalue weighted by molar-refractivity contribution is 0.189. The van der Waals surface area contributed by atoms with Crippen molar-refractivity contribution >= 4 is 0 Å². The highest BCUT2D eigenvalue weighted by Crippen LogP contribution is 2.15. The molecule has 0 saturated carbocycles. The molecule has 2 aliphatic heterocycles. The zero-order valence-electron chi connectivity index (χ0n) is 11.4. The maximum atomic E-state index is 3.68. The van der Waals surface area contributed by atoms with Gasteiger partial charge in [0.15, 0.2) is 0 Å². The molecule has 2 fully saturated rings.